The molecule has 1 saturated heterocycles. The van der Waals surface area contributed by atoms with Crippen molar-refractivity contribution in [3.63, 3.8) is 0 Å². The van der Waals surface area contributed by atoms with Gasteiger partial charge in [0.2, 0.25) is 11.8 Å². The van der Waals surface area contributed by atoms with E-state index in [1.807, 2.05) is 0 Å². The smallest absolute Gasteiger partial charge is 0.335 e. The van der Waals surface area contributed by atoms with Crippen LogP contribution in [0, 0.1) is 6.92 Å². The van der Waals surface area contributed by atoms with E-state index in [1.165, 1.54) is 16.7 Å². The van der Waals surface area contributed by atoms with Crippen molar-refractivity contribution in [2.75, 3.05) is 6.54 Å². The zero-order valence-corrected chi connectivity index (χ0v) is 12.1. The van der Waals surface area contributed by atoms with E-state index < -0.39 is 11.2 Å². The number of carbonyl (C=O) groups excluding carboxylic acids is 2. The number of thioether (sulfide) groups is 1. The van der Waals surface area contributed by atoms with Crippen LogP contribution in [0.3, 0.4) is 0 Å². The highest BCUT2D eigenvalue weighted by molar-refractivity contribution is 8.00. The Balaban J connectivity index is 2.19. The minimum absolute atomic E-state index is 0.166. The SMILES string of the molecule is CCN1C(=O)CC(Sc2ccc(C)c(C(=O)O)c2)C1=O. The zero-order chi connectivity index (χ0) is 14.9. The summed E-state index contributed by atoms with van der Waals surface area (Å²) in [6.07, 6.45) is 0.174. The molecule has 6 heteroatoms. The van der Waals surface area contributed by atoms with E-state index in [9.17, 15) is 14.4 Å². The van der Waals surface area contributed by atoms with Crippen molar-refractivity contribution in [3.05, 3.63) is 29.3 Å². The second kappa shape index (κ2) is 5.66. The highest BCUT2D eigenvalue weighted by Gasteiger charge is 2.38. The van der Waals surface area contributed by atoms with Gasteiger partial charge in [-0.05, 0) is 31.5 Å². The van der Waals surface area contributed by atoms with Gasteiger partial charge in [-0.15, -0.1) is 11.8 Å². The second-order valence-electron chi connectivity index (χ2n) is 4.57. The minimum atomic E-state index is -0.992. The number of benzene rings is 1. The summed E-state index contributed by atoms with van der Waals surface area (Å²) in [5, 5.41) is 8.63. The molecule has 1 aromatic carbocycles. The van der Waals surface area contributed by atoms with Crippen LogP contribution in [0.25, 0.3) is 0 Å². The lowest BCUT2D eigenvalue weighted by Gasteiger charge is -2.12. The Morgan fingerprint density at radius 2 is 2.15 bits per heavy atom. The minimum Gasteiger partial charge on any atom is -0.478 e. The Hall–Kier alpha value is -1.82. The maximum atomic E-state index is 12.0. The average Bonchev–Trinajstić information content (AvgIpc) is 2.66. The van der Waals surface area contributed by atoms with E-state index in [1.54, 1.807) is 32.0 Å². The molecule has 1 aromatic rings. The predicted octanol–water partition coefficient (Wildman–Crippen LogP) is 1.93. The Kier molecular flexibility index (Phi) is 4.13. The van der Waals surface area contributed by atoms with Gasteiger partial charge < -0.3 is 5.11 Å². The Bertz CT molecular complexity index is 585. The van der Waals surface area contributed by atoms with Crippen LogP contribution in [-0.2, 0) is 9.59 Å². The normalized spacial score (nSPS) is 18.7. The number of hydrogen-bond acceptors (Lipinski definition) is 4. The molecule has 1 heterocycles. The third-order valence-corrected chi connectivity index (χ3v) is 4.42. The lowest BCUT2D eigenvalue weighted by atomic mass is 10.1. The van der Waals surface area contributed by atoms with Crippen molar-refractivity contribution < 1.29 is 19.5 Å². The highest BCUT2D eigenvalue weighted by atomic mass is 32.2. The van der Waals surface area contributed by atoms with E-state index in [4.69, 9.17) is 5.11 Å². The molecule has 0 aromatic heterocycles. The summed E-state index contributed by atoms with van der Waals surface area (Å²) in [5.74, 6) is -1.35. The van der Waals surface area contributed by atoms with Gasteiger partial charge in [-0.2, -0.15) is 0 Å². The van der Waals surface area contributed by atoms with Gasteiger partial charge >= 0.3 is 5.97 Å². The van der Waals surface area contributed by atoms with Gasteiger partial charge in [0, 0.05) is 17.9 Å². The molecule has 0 bridgehead atoms. The zero-order valence-electron chi connectivity index (χ0n) is 11.3. The van der Waals surface area contributed by atoms with Crippen molar-refractivity contribution in [2.45, 2.75) is 30.4 Å². The van der Waals surface area contributed by atoms with Crippen LogP contribution < -0.4 is 0 Å². The van der Waals surface area contributed by atoms with Crippen LogP contribution in [0.2, 0.25) is 0 Å². The fraction of sp³-hybridized carbons (Fsp3) is 0.357. The number of carboxylic acid groups (broad SMARTS) is 1. The highest BCUT2D eigenvalue weighted by Crippen LogP contribution is 2.32. The molecule has 5 nitrogen and oxygen atoms in total. The molecule has 2 rings (SSSR count). The molecule has 0 spiro atoms. The summed E-state index contributed by atoms with van der Waals surface area (Å²) < 4.78 is 0. The first-order valence-electron chi connectivity index (χ1n) is 6.28. The standard InChI is InChI=1S/C14H15NO4S/c1-3-15-12(16)7-11(13(15)17)20-9-5-4-8(2)10(6-9)14(18)19/h4-6,11H,3,7H2,1-2H3,(H,18,19). The summed E-state index contributed by atoms with van der Waals surface area (Å²) >= 11 is 1.25. The third kappa shape index (κ3) is 2.70. The summed E-state index contributed by atoms with van der Waals surface area (Å²) in [4.78, 5) is 36.7. The summed E-state index contributed by atoms with van der Waals surface area (Å²) in [6.45, 7) is 3.86. The fourth-order valence-electron chi connectivity index (χ4n) is 2.15. The van der Waals surface area contributed by atoms with Gasteiger partial charge in [-0.3, -0.25) is 14.5 Å². The molecule has 1 aliphatic rings. The van der Waals surface area contributed by atoms with Crippen LogP contribution in [0.15, 0.2) is 23.1 Å². The number of amides is 2. The molecular formula is C14H15NO4S. The van der Waals surface area contributed by atoms with E-state index in [-0.39, 0.29) is 23.8 Å². The maximum Gasteiger partial charge on any atom is 0.335 e. The molecule has 1 atom stereocenters. The van der Waals surface area contributed by atoms with Gasteiger partial charge in [0.1, 0.15) is 0 Å². The van der Waals surface area contributed by atoms with Crippen LogP contribution >= 0.6 is 11.8 Å². The first-order chi connectivity index (χ1) is 9.43. The van der Waals surface area contributed by atoms with Gasteiger partial charge in [0.05, 0.1) is 10.8 Å². The van der Waals surface area contributed by atoms with Crippen LogP contribution in [0.1, 0.15) is 29.3 Å². The van der Waals surface area contributed by atoms with E-state index in [0.29, 0.717) is 17.0 Å². The number of likely N-dealkylation sites (tertiary alicyclic amines) is 1. The van der Waals surface area contributed by atoms with Gasteiger partial charge in [-0.25, -0.2) is 4.79 Å². The lowest BCUT2D eigenvalue weighted by Crippen LogP contribution is -2.30. The molecule has 0 saturated carbocycles. The lowest BCUT2D eigenvalue weighted by molar-refractivity contribution is -0.137. The number of carbonyl (C=O) groups is 3. The topological polar surface area (TPSA) is 74.7 Å². The van der Waals surface area contributed by atoms with Crippen LogP contribution in [0.5, 0.6) is 0 Å². The Morgan fingerprint density at radius 1 is 1.45 bits per heavy atom. The average molecular weight is 293 g/mol. The monoisotopic (exact) mass is 293 g/mol. The van der Waals surface area contributed by atoms with E-state index in [2.05, 4.69) is 0 Å². The molecular weight excluding hydrogens is 278 g/mol. The first kappa shape index (κ1) is 14.6. The number of aromatic carboxylic acids is 1. The first-order valence-corrected chi connectivity index (χ1v) is 7.16. The molecule has 1 fully saturated rings. The molecule has 2 amide bonds. The van der Waals surface area contributed by atoms with Crippen molar-refractivity contribution in [1.82, 2.24) is 4.90 Å². The number of aryl methyl sites for hydroxylation is 1. The van der Waals surface area contributed by atoms with Crippen LogP contribution in [0.4, 0.5) is 0 Å². The fourth-order valence-corrected chi connectivity index (χ4v) is 3.26. The number of carboxylic acids is 1. The summed E-state index contributed by atoms with van der Waals surface area (Å²) in [7, 11) is 0. The van der Waals surface area contributed by atoms with Crippen molar-refractivity contribution in [2.24, 2.45) is 0 Å². The molecule has 1 aliphatic heterocycles. The molecule has 20 heavy (non-hydrogen) atoms. The Morgan fingerprint density at radius 3 is 2.70 bits per heavy atom. The molecule has 0 aliphatic carbocycles. The van der Waals surface area contributed by atoms with Gasteiger partial charge in [-0.1, -0.05) is 6.07 Å². The van der Waals surface area contributed by atoms with Gasteiger partial charge in [0.15, 0.2) is 0 Å². The Labute approximate surface area is 121 Å². The van der Waals surface area contributed by atoms with Crippen molar-refractivity contribution in [3.8, 4) is 0 Å². The van der Waals surface area contributed by atoms with Crippen molar-refractivity contribution >= 4 is 29.5 Å². The van der Waals surface area contributed by atoms with E-state index >= 15 is 0 Å². The molecule has 1 unspecified atom stereocenters. The molecule has 106 valence electrons. The third-order valence-electron chi connectivity index (χ3n) is 3.24. The van der Waals surface area contributed by atoms with Gasteiger partial charge in [0.25, 0.3) is 0 Å². The second-order valence-corrected chi connectivity index (χ2v) is 5.84. The number of rotatable bonds is 4. The molecule has 1 N–H and O–H groups in total. The maximum absolute atomic E-state index is 12.0. The quantitative estimate of drug-likeness (QED) is 0.859. The number of imide groups is 1. The molecule has 0 radical (unpaired) electrons. The van der Waals surface area contributed by atoms with Crippen LogP contribution in [-0.4, -0.2) is 39.6 Å². The van der Waals surface area contributed by atoms with Crippen molar-refractivity contribution in [1.29, 1.82) is 0 Å². The van der Waals surface area contributed by atoms with E-state index in [0.717, 1.165) is 0 Å². The predicted molar refractivity (Wildman–Crippen MR) is 74.8 cm³/mol. The summed E-state index contributed by atoms with van der Waals surface area (Å²) in [6, 6.07) is 5.04. The largest absolute Gasteiger partial charge is 0.478 e. The number of hydrogen-bond donors (Lipinski definition) is 1. The summed E-state index contributed by atoms with van der Waals surface area (Å²) in [5.41, 5.74) is 0.893. The number of nitrogens with zero attached hydrogens (tertiary/aromatic N) is 1.